The number of hydrogen-bond donors (Lipinski definition) is 2. The molecule has 6 heteroatoms. The molecule has 0 radical (unpaired) electrons. The van der Waals surface area contributed by atoms with Gasteiger partial charge in [0.15, 0.2) is 5.96 Å². The number of nitrogens with one attached hydrogen (secondary N) is 2. The van der Waals surface area contributed by atoms with Crippen molar-refractivity contribution < 1.29 is 9.47 Å². The quantitative estimate of drug-likeness (QED) is 0.519. The summed E-state index contributed by atoms with van der Waals surface area (Å²) < 4.78 is 11.5. The summed E-state index contributed by atoms with van der Waals surface area (Å²) in [5, 5.41) is 7.09. The maximum atomic E-state index is 6.03. The van der Waals surface area contributed by atoms with Crippen LogP contribution in [0.15, 0.2) is 29.3 Å². The molecule has 29 heavy (non-hydrogen) atoms. The lowest BCUT2D eigenvalue weighted by Crippen LogP contribution is -2.49. The van der Waals surface area contributed by atoms with Gasteiger partial charge in [-0.25, -0.2) is 0 Å². The number of aliphatic imine (C=N–C) groups is 1. The van der Waals surface area contributed by atoms with Crippen molar-refractivity contribution in [3.8, 4) is 5.75 Å². The van der Waals surface area contributed by atoms with Gasteiger partial charge < -0.3 is 25.0 Å². The van der Waals surface area contributed by atoms with E-state index in [1.165, 1.54) is 31.4 Å². The summed E-state index contributed by atoms with van der Waals surface area (Å²) in [6.45, 7) is 6.96. The summed E-state index contributed by atoms with van der Waals surface area (Å²) in [5.41, 5.74) is 1.18. The number of rotatable bonds is 8. The molecule has 0 bridgehead atoms. The highest BCUT2D eigenvalue weighted by atomic mass is 16.5. The Labute approximate surface area is 175 Å². The highest BCUT2D eigenvalue weighted by molar-refractivity contribution is 5.80. The van der Waals surface area contributed by atoms with Crippen molar-refractivity contribution in [2.45, 2.75) is 44.7 Å². The molecule has 6 nitrogen and oxygen atoms in total. The van der Waals surface area contributed by atoms with Gasteiger partial charge in [0.2, 0.25) is 0 Å². The van der Waals surface area contributed by atoms with Crippen LogP contribution in [-0.2, 0) is 11.3 Å². The molecule has 2 aliphatic heterocycles. The summed E-state index contributed by atoms with van der Waals surface area (Å²) >= 11 is 0. The molecule has 1 aromatic rings. The van der Waals surface area contributed by atoms with E-state index in [1.54, 1.807) is 0 Å². The fourth-order valence-electron chi connectivity index (χ4n) is 4.20. The van der Waals surface area contributed by atoms with Crippen LogP contribution in [0.5, 0.6) is 5.75 Å². The normalized spacial score (nSPS) is 23.9. The number of piperidine rings is 1. The molecule has 3 fully saturated rings. The number of nitrogens with zero attached hydrogens (tertiary/aromatic N) is 2. The Hall–Kier alpha value is -1.79. The number of likely N-dealkylation sites (tertiary alicyclic amines) is 1. The third-order valence-electron chi connectivity index (χ3n) is 6.28. The van der Waals surface area contributed by atoms with Gasteiger partial charge in [0.05, 0.1) is 13.2 Å². The SMILES string of the molecule is CN=C(NCc1ccccc1OCC1CC1)NC1CCN(CC2CCOC2)CC1. The average molecular weight is 401 g/mol. The molecule has 3 aliphatic rings. The predicted molar refractivity (Wildman–Crippen MR) is 116 cm³/mol. The van der Waals surface area contributed by atoms with E-state index in [-0.39, 0.29) is 0 Å². The maximum Gasteiger partial charge on any atom is 0.191 e. The fourth-order valence-corrected chi connectivity index (χ4v) is 4.20. The predicted octanol–water partition coefficient (Wildman–Crippen LogP) is 2.64. The minimum Gasteiger partial charge on any atom is -0.493 e. The molecule has 1 aromatic carbocycles. The maximum absolute atomic E-state index is 6.03. The van der Waals surface area contributed by atoms with Gasteiger partial charge in [-0.2, -0.15) is 0 Å². The highest BCUT2D eigenvalue weighted by Crippen LogP contribution is 2.30. The molecule has 2 N–H and O–H groups in total. The van der Waals surface area contributed by atoms with Crippen molar-refractivity contribution in [1.82, 2.24) is 15.5 Å². The zero-order valence-corrected chi connectivity index (χ0v) is 17.7. The number of benzene rings is 1. The molecule has 4 rings (SSSR count). The van der Waals surface area contributed by atoms with Gasteiger partial charge in [0.1, 0.15) is 5.75 Å². The van der Waals surface area contributed by atoms with Gasteiger partial charge >= 0.3 is 0 Å². The number of ether oxygens (including phenoxy) is 2. The molecule has 1 aliphatic carbocycles. The first-order valence-electron chi connectivity index (χ1n) is 11.3. The van der Waals surface area contributed by atoms with E-state index in [2.05, 4.69) is 38.7 Å². The molecular weight excluding hydrogens is 364 g/mol. The standard InChI is InChI=1S/C23H36N4O2/c1-24-23(25-14-20-4-2-3-5-22(20)29-17-18-6-7-18)26-21-8-11-27(12-9-21)15-19-10-13-28-16-19/h2-5,18-19,21H,6-17H2,1H3,(H2,24,25,26). The van der Waals surface area contributed by atoms with Crippen LogP contribution in [0.1, 0.15) is 37.7 Å². The largest absolute Gasteiger partial charge is 0.493 e. The third kappa shape index (κ3) is 6.34. The summed E-state index contributed by atoms with van der Waals surface area (Å²) in [7, 11) is 1.85. The second kappa shape index (κ2) is 10.3. The molecule has 1 atom stereocenters. The van der Waals surface area contributed by atoms with Crippen molar-refractivity contribution in [2.24, 2.45) is 16.8 Å². The zero-order valence-electron chi connectivity index (χ0n) is 17.7. The lowest BCUT2D eigenvalue weighted by Gasteiger charge is -2.34. The number of guanidine groups is 1. The molecule has 1 saturated carbocycles. The zero-order chi connectivity index (χ0) is 19.9. The lowest BCUT2D eigenvalue weighted by molar-refractivity contribution is 0.150. The van der Waals surface area contributed by atoms with Crippen LogP contribution in [0.4, 0.5) is 0 Å². The monoisotopic (exact) mass is 400 g/mol. The summed E-state index contributed by atoms with van der Waals surface area (Å²) in [6.07, 6.45) is 6.17. The summed E-state index contributed by atoms with van der Waals surface area (Å²) in [6, 6.07) is 8.81. The Balaban J connectivity index is 1.20. The van der Waals surface area contributed by atoms with Crippen molar-refractivity contribution in [1.29, 1.82) is 0 Å². The Kier molecular flexibility index (Phi) is 7.28. The van der Waals surface area contributed by atoms with Crippen LogP contribution >= 0.6 is 0 Å². The fraction of sp³-hybridized carbons (Fsp3) is 0.696. The second-order valence-corrected chi connectivity index (χ2v) is 8.74. The van der Waals surface area contributed by atoms with Crippen molar-refractivity contribution >= 4 is 5.96 Å². The first-order valence-corrected chi connectivity index (χ1v) is 11.3. The van der Waals surface area contributed by atoms with Gasteiger partial charge in [-0.05, 0) is 50.0 Å². The van der Waals surface area contributed by atoms with Gasteiger partial charge in [0.25, 0.3) is 0 Å². The molecule has 1 unspecified atom stereocenters. The molecule has 0 amide bonds. The number of para-hydroxylation sites is 1. The first kappa shape index (κ1) is 20.5. The van der Waals surface area contributed by atoms with Crippen molar-refractivity contribution in [2.75, 3.05) is 46.5 Å². The molecular formula is C23H36N4O2. The lowest BCUT2D eigenvalue weighted by atomic mass is 10.0. The Bertz CT molecular complexity index is 663. The summed E-state index contributed by atoms with van der Waals surface area (Å²) in [5.74, 6) is 3.37. The van der Waals surface area contributed by atoms with Crippen molar-refractivity contribution in [3.05, 3.63) is 29.8 Å². The van der Waals surface area contributed by atoms with Gasteiger partial charge in [-0.3, -0.25) is 4.99 Å². The van der Waals surface area contributed by atoms with Crippen LogP contribution in [0, 0.1) is 11.8 Å². The minimum atomic E-state index is 0.485. The van der Waals surface area contributed by atoms with Gasteiger partial charge in [-0.15, -0.1) is 0 Å². The van der Waals surface area contributed by atoms with E-state index in [4.69, 9.17) is 9.47 Å². The average Bonchev–Trinajstić information content (AvgIpc) is 3.45. The van der Waals surface area contributed by atoms with Crippen LogP contribution in [-0.4, -0.2) is 63.4 Å². The van der Waals surface area contributed by atoms with E-state index in [9.17, 15) is 0 Å². The van der Waals surface area contributed by atoms with E-state index in [1.807, 2.05) is 13.1 Å². The molecule has 2 saturated heterocycles. The smallest absolute Gasteiger partial charge is 0.191 e. The summed E-state index contributed by atoms with van der Waals surface area (Å²) in [4.78, 5) is 7.04. The Morgan fingerprint density at radius 1 is 1.14 bits per heavy atom. The second-order valence-electron chi connectivity index (χ2n) is 8.74. The minimum absolute atomic E-state index is 0.485. The molecule has 2 heterocycles. The van der Waals surface area contributed by atoms with Crippen LogP contribution in [0.2, 0.25) is 0 Å². The van der Waals surface area contributed by atoms with Crippen LogP contribution in [0.25, 0.3) is 0 Å². The van der Waals surface area contributed by atoms with Gasteiger partial charge in [-0.1, -0.05) is 18.2 Å². The molecule has 0 spiro atoms. The van der Waals surface area contributed by atoms with Crippen molar-refractivity contribution in [3.63, 3.8) is 0 Å². The van der Waals surface area contributed by atoms with E-state index < -0.39 is 0 Å². The van der Waals surface area contributed by atoms with E-state index in [0.717, 1.165) is 75.8 Å². The topological polar surface area (TPSA) is 58.1 Å². The van der Waals surface area contributed by atoms with E-state index in [0.29, 0.717) is 6.04 Å². The van der Waals surface area contributed by atoms with Gasteiger partial charge in [0, 0.05) is 51.4 Å². The highest BCUT2D eigenvalue weighted by Gasteiger charge is 2.24. The van der Waals surface area contributed by atoms with Crippen LogP contribution in [0.3, 0.4) is 0 Å². The third-order valence-corrected chi connectivity index (χ3v) is 6.28. The van der Waals surface area contributed by atoms with E-state index >= 15 is 0 Å². The Morgan fingerprint density at radius 3 is 2.69 bits per heavy atom. The first-order chi connectivity index (χ1) is 14.3. The molecule has 0 aromatic heterocycles. The number of hydrogen-bond acceptors (Lipinski definition) is 4. The molecule has 160 valence electrons. The van der Waals surface area contributed by atoms with Crippen LogP contribution < -0.4 is 15.4 Å². The Morgan fingerprint density at radius 2 is 1.97 bits per heavy atom.